The molecule has 0 saturated heterocycles. The SMILES string of the molecule is Cc1ccc(OCCNC(=O)c2sc3nc(-c4ccccc4)cn3c2C)cc1. The van der Waals surface area contributed by atoms with E-state index in [-0.39, 0.29) is 5.91 Å². The number of thiazole rings is 1. The number of aryl methyl sites for hydroxylation is 2. The first-order valence-corrected chi connectivity index (χ1v) is 9.95. The second-order valence-electron chi connectivity index (χ2n) is 6.58. The Balaban J connectivity index is 1.39. The van der Waals surface area contributed by atoms with Crippen LogP contribution < -0.4 is 10.1 Å². The van der Waals surface area contributed by atoms with Gasteiger partial charge in [0, 0.05) is 17.5 Å². The third kappa shape index (κ3) is 3.77. The van der Waals surface area contributed by atoms with Crippen molar-refractivity contribution < 1.29 is 9.53 Å². The number of hydrogen-bond donors (Lipinski definition) is 1. The zero-order valence-corrected chi connectivity index (χ0v) is 16.6. The second-order valence-corrected chi connectivity index (χ2v) is 7.56. The van der Waals surface area contributed by atoms with Crippen molar-refractivity contribution in [2.45, 2.75) is 13.8 Å². The maximum Gasteiger partial charge on any atom is 0.263 e. The zero-order valence-electron chi connectivity index (χ0n) is 15.8. The number of fused-ring (bicyclic) bond motifs is 1. The molecule has 4 aromatic rings. The highest BCUT2D eigenvalue weighted by Crippen LogP contribution is 2.27. The highest BCUT2D eigenvalue weighted by atomic mass is 32.1. The highest BCUT2D eigenvalue weighted by Gasteiger charge is 2.17. The Morgan fingerprint density at radius 2 is 1.86 bits per heavy atom. The van der Waals surface area contributed by atoms with Gasteiger partial charge < -0.3 is 10.1 Å². The van der Waals surface area contributed by atoms with Gasteiger partial charge in [-0.3, -0.25) is 9.20 Å². The molecular formula is C22H21N3O2S. The summed E-state index contributed by atoms with van der Waals surface area (Å²) in [6, 6.07) is 17.9. The lowest BCUT2D eigenvalue weighted by atomic mass is 10.2. The number of rotatable bonds is 6. The van der Waals surface area contributed by atoms with Gasteiger partial charge in [-0.2, -0.15) is 0 Å². The van der Waals surface area contributed by atoms with Crippen LogP contribution in [0.4, 0.5) is 0 Å². The molecule has 0 saturated carbocycles. The Labute approximate surface area is 167 Å². The number of nitrogens with one attached hydrogen (secondary N) is 1. The van der Waals surface area contributed by atoms with E-state index in [0.29, 0.717) is 18.0 Å². The molecule has 5 nitrogen and oxygen atoms in total. The number of ether oxygens (including phenoxy) is 1. The summed E-state index contributed by atoms with van der Waals surface area (Å²) < 4.78 is 7.63. The van der Waals surface area contributed by atoms with E-state index in [1.165, 1.54) is 16.9 Å². The van der Waals surface area contributed by atoms with E-state index in [0.717, 1.165) is 27.7 Å². The topological polar surface area (TPSA) is 55.6 Å². The Kier molecular flexibility index (Phi) is 5.12. The summed E-state index contributed by atoms with van der Waals surface area (Å²) in [6.07, 6.45) is 1.98. The van der Waals surface area contributed by atoms with Gasteiger partial charge in [0.15, 0.2) is 4.96 Å². The van der Waals surface area contributed by atoms with Gasteiger partial charge in [0.25, 0.3) is 5.91 Å². The summed E-state index contributed by atoms with van der Waals surface area (Å²) in [6.45, 7) is 4.85. The maximum absolute atomic E-state index is 12.5. The standard InChI is InChI=1S/C22H21N3O2S/c1-15-8-10-18(11-9-15)27-13-12-23-21(26)20-16(2)25-14-19(24-22(25)28-20)17-6-4-3-5-7-17/h3-11,14H,12-13H2,1-2H3,(H,23,26). The van der Waals surface area contributed by atoms with E-state index in [1.54, 1.807) is 0 Å². The summed E-state index contributed by atoms with van der Waals surface area (Å²) in [5.74, 6) is 0.709. The van der Waals surface area contributed by atoms with Crippen molar-refractivity contribution in [3.05, 3.63) is 76.9 Å². The van der Waals surface area contributed by atoms with E-state index >= 15 is 0 Å². The number of carbonyl (C=O) groups is 1. The molecule has 28 heavy (non-hydrogen) atoms. The average molecular weight is 391 g/mol. The van der Waals surface area contributed by atoms with Crippen molar-refractivity contribution >= 4 is 22.2 Å². The highest BCUT2D eigenvalue weighted by molar-refractivity contribution is 7.19. The molecule has 0 radical (unpaired) electrons. The Bertz CT molecular complexity index is 1100. The number of carbonyl (C=O) groups excluding carboxylic acids is 1. The molecule has 0 aliphatic rings. The fourth-order valence-corrected chi connectivity index (χ4v) is 3.98. The lowest BCUT2D eigenvalue weighted by Gasteiger charge is -2.07. The number of imidazole rings is 1. The van der Waals surface area contributed by atoms with Crippen molar-refractivity contribution in [3.8, 4) is 17.0 Å². The minimum Gasteiger partial charge on any atom is -0.492 e. The number of amides is 1. The summed E-state index contributed by atoms with van der Waals surface area (Å²) in [7, 11) is 0. The van der Waals surface area contributed by atoms with Crippen LogP contribution in [0.1, 0.15) is 20.9 Å². The molecule has 6 heteroatoms. The van der Waals surface area contributed by atoms with E-state index in [4.69, 9.17) is 4.74 Å². The molecule has 1 N–H and O–H groups in total. The Morgan fingerprint density at radius 3 is 2.57 bits per heavy atom. The van der Waals surface area contributed by atoms with Crippen LogP contribution in [0.15, 0.2) is 60.8 Å². The van der Waals surface area contributed by atoms with Crippen LogP contribution in [0.2, 0.25) is 0 Å². The minimum absolute atomic E-state index is 0.0956. The molecule has 0 atom stereocenters. The molecule has 142 valence electrons. The molecular weight excluding hydrogens is 370 g/mol. The quantitative estimate of drug-likeness (QED) is 0.493. The van der Waals surface area contributed by atoms with Gasteiger partial charge in [-0.15, -0.1) is 0 Å². The van der Waals surface area contributed by atoms with E-state index in [9.17, 15) is 4.79 Å². The monoisotopic (exact) mass is 391 g/mol. The third-order valence-electron chi connectivity index (χ3n) is 4.51. The lowest BCUT2D eigenvalue weighted by molar-refractivity contribution is 0.0950. The molecule has 0 aliphatic carbocycles. The summed E-state index contributed by atoms with van der Waals surface area (Å²) in [4.78, 5) is 18.7. The molecule has 0 unspecified atom stereocenters. The van der Waals surface area contributed by atoms with Crippen LogP contribution in [0.3, 0.4) is 0 Å². The van der Waals surface area contributed by atoms with Gasteiger partial charge in [-0.1, -0.05) is 59.4 Å². The second kappa shape index (κ2) is 7.86. The molecule has 2 aromatic heterocycles. The van der Waals surface area contributed by atoms with E-state index in [2.05, 4.69) is 10.3 Å². The number of benzene rings is 2. The van der Waals surface area contributed by atoms with Crippen molar-refractivity contribution in [2.75, 3.05) is 13.2 Å². The Hall–Kier alpha value is -3.12. The Morgan fingerprint density at radius 1 is 1.11 bits per heavy atom. The fraction of sp³-hybridized carbons (Fsp3) is 0.182. The predicted octanol–water partition coefficient (Wildman–Crippen LogP) is 4.49. The van der Waals surface area contributed by atoms with Crippen molar-refractivity contribution in [2.24, 2.45) is 0 Å². The van der Waals surface area contributed by atoms with Crippen LogP contribution in [0.25, 0.3) is 16.2 Å². The molecule has 0 fully saturated rings. The summed E-state index contributed by atoms with van der Waals surface area (Å²) in [5.41, 5.74) is 4.06. The lowest BCUT2D eigenvalue weighted by Crippen LogP contribution is -2.28. The van der Waals surface area contributed by atoms with Gasteiger partial charge in [0.05, 0.1) is 12.2 Å². The van der Waals surface area contributed by atoms with Crippen molar-refractivity contribution in [3.63, 3.8) is 0 Å². The third-order valence-corrected chi connectivity index (χ3v) is 5.67. The smallest absolute Gasteiger partial charge is 0.263 e. The first kappa shape index (κ1) is 18.3. The number of aromatic nitrogens is 2. The molecule has 4 rings (SSSR count). The van der Waals surface area contributed by atoms with Crippen LogP contribution >= 0.6 is 11.3 Å². The molecule has 2 aromatic carbocycles. The molecule has 0 spiro atoms. The average Bonchev–Trinajstić information content (AvgIpc) is 3.27. The summed E-state index contributed by atoms with van der Waals surface area (Å²) in [5, 5.41) is 2.92. The number of hydrogen-bond acceptors (Lipinski definition) is 4. The molecule has 1 amide bonds. The van der Waals surface area contributed by atoms with Crippen LogP contribution in [0.5, 0.6) is 5.75 Å². The van der Waals surface area contributed by atoms with Gasteiger partial charge in [-0.25, -0.2) is 4.98 Å². The first-order valence-electron chi connectivity index (χ1n) is 9.13. The van der Waals surface area contributed by atoms with Gasteiger partial charge >= 0.3 is 0 Å². The summed E-state index contributed by atoms with van der Waals surface area (Å²) >= 11 is 1.40. The molecule has 0 aliphatic heterocycles. The van der Waals surface area contributed by atoms with Crippen molar-refractivity contribution in [1.82, 2.24) is 14.7 Å². The van der Waals surface area contributed by atoms with Crippen LogP contribution in [0, 0.1) is 13.8 Å². The van der Waals surface area contributed by atoms with E-state index in [1.807, 2.05) is 79.0 Å². The van der Waals surface area contributed by atoms with Gasteiger partial charge in [-0.05, 0) is 26.0 Å². The first-order chi connectivity index (χ1) is 13.6. The van der Waals surface area contributed by atoms with Crippen LogP contribution in [-0.2, 0) is 0 Å². The van der Waals surface area contributed by atoms with Gasteiger partial charge in [0.1, 0.15) is 17.2 Å². The normalized spacial score (nSPS) is 10.9. The minimum atomic E-state index is -0.0956. The maximum atomic E-state index is 12.5. The molecule has 0 bridgehead atoms. The zero-order chi connectivity index (χ0) is 19.5. The predicted molar refractivity (Wildman–Crippen MR) is 112 cm³/mol. The van der Waals surface area contributed by atoms with Crippen LogP contribution in [-0.4, -0.2) is 28.4 Å². The fourth-order valence-electron chi connectivity index (χ4n) is 2.96. The van der Waals surface area contributed by atoms with E-state index < -0.39 is 0 Å². The van der Waals surface area contributed by atoms with Crippen molar-refractivity contribution in [1.29, 1.82) is 0 Å². The van der Waals surface area contributed by atoms with Gasteiger partial charge in [0.2, 0.25) is 0 Å². The molecule has 2 heterocycles. The number of nitrogens with zero attached hydrogens (tertiary/aromatic N) is 2. The largest absolute Gasteiger partial charge is 0.492 e.